The molecule has 0 N–H and O–H groups in total. The molecule has 0 spiro atoms. The second kappa shape index (κ2) is 8.20. The SMILES string of the molecule is Cc1nn(-c2ccccc2)c2sc(C(=O)O[C@H](C)C(=O)N3C[C@@H](C)O[C@@H](C)C3)cc12. The van der Waals surface area contributed by atoms with Crippen molar-refractivity contribution in [1.29, 1.82) is 0 Å². The zero-order chi connectivity index (χ0) is 21.4. The van der Waals surface area contributed by atoms with Crippen LogP contribution in [0.5, 0.6) is 0 Å². The number of aryl methyl sites for hydroxylation is 1. The number of ether oxygens (including phenoxy) is 2. The Hall–Kier alpha value is -2.71. The van der Waals surface area contributed by atoms with Crippen LogP contribution in [0.2, 0.25) is 0 Å². The molecule has 3 heterocycles. The Bertz CT molecular complexity index is 1060. The van der Waals surface area contributed by atoms with Crippen LogP contribution in [0.1, 0.15) is 36.1 Å². The largest absolute Gasteiger partial charge is 0.448 e. The molecule has 1 aliphatic rings. The van der Waals surface area contributed by atoms with Gasteiger partial charge in [-0.3, -0.25) is 4.79 Å². The van der Waals surface area contributed by atoms with Crippen LogP contribution in [0.25, 0.3) is 15.9 Å². The number of hydrogen-bond acceptors (Lipinski definition) is 6. The number of hydrogen-bond donors (Lipinski definition) is 0. The van der Waals surface area contributed by atoms with Crippen LogP contribution >= 0.6 is 11.3 Å². The van der Waals surface area contributed by atoms with Gasteiger partial charge < -0.3 is 14.4 Å². The molecule has 8 heteroatoms. The molecular weight excluding hydrogens is 402 g/mol. The van der Waals surface area contributed by atoms with Gasteiger partial charge in [0, 0.05) is 18.5 Å². The van der Waals surface area contributed by atoms with Gasteiger partial charge in [0.2, 0.25) is 0 Å². The van der Waals surface area contributed by atoms with Crippen molar-refractivity contribution in [2.75, 3.05) is 13.1 Å². The highest BCUT2D eigenvalue weighted by atomic mass is 32.1. The molecule has 4 rings (SSSR count). The Morgan fingerprint density at radius 2 is 1.87 bits per heavy atom. The third kappa shape index (κ3) is 3.97. The molecule has 3 atom stereocenters. The summed E-state index contributed by atoms with van der Waals surface area (Å²) in [7, 11) is 0. The summed E-state index contributed by atoms with van der Waals surface area (Å²) in [6.07, 6.45) is -0.925. The van der Waals surface area contributed by atoms with Crippen molar-refractivity contribution < 1.29 is 19.1 Å². The number of para-hydroxylation sites is 1. The van der Waals surface area contributed by atoms with Crippen LogP contribution in [-0.2, 0) is 14.3 Å². The maximum Gasteiger partial charge on any atom is 0.349 e. The van der Waals surface area contributed by atoms with Crippen molar-refractivity contribution in [3.63, 3.8) is 0 Å². The van der Waals surface area contributed by atoms with Crippen LogP contribution < -0.4 is 0 Å². The molecule has 0 radical (unpaired) electrons. The van der Waals surface area contributed by atoms with Crippen molar-refractivity contribution in [2.45, 2.75) is 46.0 Å². The zero-order valence-corrected chi connectivity index (χ0v) is 18.3. The van der Waals surface area contributed by atoms with Gasteiger partial charge >= 0.3 is 5.97 Å². The fourth-order valence-corrected chi connectivity index (χ4v) is 4.84. The average molecular weight is 428 g/mol. The summed E-state index contributed by atoms with van der Waals surface area (Å²) < 4.78 is 13.0. The number of amides is 1. The van der Waals surface area contributed by atoms with Crippen molar-refractivity contribution in [3.8, 4) is 5.69 Å². The summed E-state index contributed by atoms with van der Waals surface area (Å²) in [6, 6.07) is 11.6. The predicted molar refractivity (Wildman–Crippen MR) is 115 cm³/mol. The van der Waals surface area contributed by atoms with E-state index < -0.39 is 12.1 Å². The number of fused-ring (bicyclic) bond motifs is 1. The van der Waals surface area contributed by atoms with Gasteiger partial charge in [0.1, 0.15) is 9.71 Å². The normalized spacial score (nSPS) is 20.3. The Labute approximate surface area is 179 Å². The lowest BCUT2D eigenvalue weighted by molar-refractivity contribution is -0.151. The predicted octanol–water partition coefficient (Wildman–Crippen LogP) is 3.58. The topological polar surface area (TPSA) is 73.7 Å². The highest BCUT2D eigenvalue weighted by molar-refractivity contribution is 7.20. The van der Waals surface area contributed by atoms with Gasteiger partial charge in [-0.2, -0.15) is 5.10 Å². The van der Waals surface area contributed by atoms with E-state index in [1.807, 2.05) is 55.8 Å². The van der Waals surface area contributed by atoms with Gasteiger partial charge in [-0.05, 0) is 45.9 Å². The number of thiophene rings is 1. The Morgan fingerprint density at radius 3 is 2.53 bits per heavy atom. The summed E-state index contributed by atoms with van der Waals surface area (Å²) in [5.74, 6) is -0.691. The van der Waals surface area contributed by atoms with E-state index in [-0.39, 0.29) is 18.1 Å². The van der Waals surface area contributed by atoms with Gasteiger partial charge in [-0.25, -0.2) is 9.48 Å². The molecule has 0 bridgehead atoms. The molecule has 1 amide bonds. The first kappa shape index (κ1) is 20.6. The van der Waals surface area contributed by atoms with E-state index in [1.165, 1.54) is 11.3 Å². The summed E-state index contributed by atoms with van der Waals surface area (Å²) in [5.41, 5.74) is 1.76. The number of morpholine rings is 1. The lowest BCUT2D eigenvalue weighted by atomic mass is 10.2. The monoisotopic (exact) mass is 427 g/mol. The van der Waals surface area contributed by atoms with Gasteiger partial charge in [-0.15, -0.1) is 11.3 Å². The fraction of sp³-hybridized carbons (Fsp3) is 0.409. The first-order valence-corrected chi connectivity index (χ1v) is 10.8. The van der Waals surface area contributed by atoms with Crippen molar-refractivity contribution in [1.82, 2.24) is 14.7 Å². The molecule has 0 saturated carbocycles. The minimum absolute atomic E-state index is 0.0351. The van der Waals surface area contributed by atoms with E-state index >= 15 is 0 Å². The molecule has 0 aliphatic carbocycles. The highest BCUT2D eigenvalue weighted by Crippen LogP contribution is 2.31. The van der Waals surface area contributed by atoms with E-state index in [1.54, 1.807) is 17.9 Å². The van der Waals surface area contributed by atoms with Crippen LogP contribution in [0, 0.1) is 6.92 Å². The van der Waals surface area contributed by atoms with Crippen LogP contribution in [-0.4, -0.2) is 58.0 Å². The van der Waals surface area contributed by atoms with Gasteiger partial charge in [0.25, 0.3) is 5.91 Å². The maximum absolute atomic E-state index is 12.8. The van der Waals surface area contributed by atoms with Crippen molar-refractivity contribution in [3.05, 3.63) is 47.0 Å². The van der Waals surface area contributed by atoms with Crippen LogP contribution in [0.3, 0.4) is 0 Å². The first-order chi connectivity index (χ1) is 14.3. The number of nitrogens with zero attached hydrogens (tertiary/aromatic N) is 3. The standard InChI is InChI=1S/C22H25N3O4S/c1-13-11-24(12-14(2)28-13)20(26)16(4)29-22(27)19-10-18-15(3)23-25(21(18)30-19)17-8-6-5-7-9-17/h5-10,13-14,16H,11-12H2,1-4H3/t13-,14+,16-/m1/s1. The molecule has 2 aromatic heterocycles. The number of benzene rings is 1. The molecule has 7 nitrogen and oxygen atoms in total. The van der Waals surface area contributed by atoms with E-state index in [0.29, 0.717) is 18.0 Å². The molecule has 1 saturated heterocycles. The molecule has 0 unspecified atom stereocenters. The van der Waals surface area contributed by atoms with Gasteiger partial charge in [0.05, 0.1) is 23.6 Å². The summed E-state index contributed by atoms with van der Waals surface area (Å²) in [4.78, 5) is 28.6. The quantitative estimate of drug-likeness (QED) is 0.595. The summed E-state index contributed by atoms with van der Waals surface area (Å²) in [5, 5.41) is 5.50. The van der Waals surface area contributed by atoms with Gasteiger partial charge in [-0.1, -0.05) is 18.2 Å². The van der Waals surface area contributed by atoms with Crippen LogP contribution in [0.4, 0.5) is 0 Å². The zero-order valence-electron chi connectivity index (χ0n) is 17.5. The number of carbonyl (C=O) groups excluding carboxylic acids is 2. The second-order valence-corrected chi connectivity index (χ2v) is 8.74. The second-order valence-electron chi connectivity index (χ2n) is 7.71. The van der Waals surface area contributed by atoms with Crippen molar-refractivity contribution in [2.24, 2.45) is 0 Å². The van der Waals surface area contributed by atoms with Crippen LogP contribution in [0.15, 0.2) is 36.4 Å². The maximum atomic E-state index is 12.8. The summed E-state index contributed by atoms with van der Waals surface area (Å²) in [6.45, 7) is 8.40. The number of esters is 1. The average Bonchev–Trinajstić information content (AvgIpc) is 3.28. The highest BCUT2D eigenvalue weighted by Gasteiger charge is 2.31. The Balaban J connectivity index is 1.51. The molecule has 1 fully saturated rings. The number of aromatic nitrogens is 2. The molecule has 1 aliphatic heterocycles. The lowest BCUT2D eigenvalue weighted by Gasteiger charge is -2.36. The molecular formula is C22H25N3O4S. The van der Waals surface area contributed by atoms with E-state index in [4.69, 9.17) is 9.47 Å². The first-order valence-electron chi connectivity index (χ1n) is 10.0. The lowest BCUT2D eigenvalue weighted by Crippen LogP contribution is -2.51. The minimum atomic E-state index is -0.855. The molecule has 1 aromatic carbocycles. The minimum Gasteiger partial charge on any atom is -0.448 e. The van der Waals surface area contributed by atoms with E-state index in [0.717, 1.165) is 21.6 Å². The Morgan fingerprint density at radius 1 is 1.20 bits per heavy atom. The third-order valence-corrected chi connectivity index (χ3v) is 6.20. The Kier molecular flexibility index (Phi) is 5.62. The summed E-state index contributed by atoms with van der Waals surface area (Å²) >= 11 is 1.32. The third-order valence-electron chi connectivity index (χ3n) is 5.11. The van der Waals surface area contributed by atoms with Crippen molar-refractivity contribution >= 4 is 33.4 Å². The van der Waals surface area contributed by atoms with Gasteiger partial charge in [0.15, 0.2) is 6.10 Å². The molecule has 3 aromatic rings. The fourth-order valence-electron chi connectivity index (χ4n) is 3.78. The van der Waals surface area contributed by atoms with E-state index in [9.17, 15) is 9.59 Å². The van der Waals surface area contributed by atoms with E-state index in [2.05, 4.69) is 5.10 Å². The number of carbonyl (C=O) groups is 2. The number of rotatable bonds is 4. The molecule has 158 valence electrons. The smallest absolute Gasteiger partial charge is 0.349 e. The molecule has 30 heavy (non-hydrogen) atoms.